The van der Waals surface area contributed by atoms with Crippen LogP contribution in [0.4, 0.5) is 5.13 Å². The van der Waals surface area contributed by atoms with Crippen LogP contribution in [-0.2, 0) is 24.1 Å². The van der Waals surface area contributed by atoms with Crippen LogP contribution in [0.3, 0.4) is 0 Å². The molecule has 1 amide bonds. The highest BCUT2D eigenvalue weighted by molar-refractivity contribution is 7.13. The Labute approximate surface area is 136 Å². The van der Waals surface area contributed by atoms with Crippen molar-refractivity contribution in [3.05, 3.63) is 46.5 Å². The summed E-state index contributed by atoms with van der Waals surface area (Å²) in [7, 11) is 1.99. The number of hydrogen-bond donors (Lipinski definition) is 2. The summed E-state index contributed by atoms with van der Waals surface area (Å²) in [4.78, 5) is 15.4. The molecule has 4 nitrogen and oxygen atoms in total. The van der Waals surface area contributed by atoms with Gasteiger partial charge in [-0.25, -0.2) is 4.98 Å². The maximum absolute atomic E-state index is 11.0. The van der Waals surface area contributed by atoms with Gasteiger partial charge >= 0.3 is 0 Å². The fourth-order valence-corrected chi connectivity index (χ4v) is 3.03. The molecule has 22 heavy (non-hydrogen) atoms. The van der Waals surface area contributed by atoms with Crippen LogP contribution in [-0.4, -0.2) is 24.5 Å². The summed E-state index contributed by atoms with van der Waals surface area (Å²) in [5.74, 6) is -0.0743. The summed E-state index contributed by atoms with van der Waals surface area (Å²) >= 11 is 1.48. The summed E-state index contributed by atoms with van der Waals surface area (Å²) in [5, 5.41) is 8.58. The summed E-state index contributed by atoms with van der Waals surface area (Å²) in [6.07, 6.45) is 4.16. The highest BCUT2D eigenvalue weighted by Gasteiger charge is 2.04. The van der Waals surface area contributed by atoms with Gasteiger partial charge in [-0.05, 0) is 50.4 Å². The molecule has 118 valence electrons. The van der Waals surface area contributed by atoms with Crippen LogP contribution >= 0.6 is 11.3 Å². The summed E-state index contributed by atoms with van der Waals surface area (Å²) < 4.78 is 0. The molecule has 1 aromatic heterocycles. The highest BCUT2D eigenvalue weighted by Crippen LogP contribution is 2.17. The molecule has 0 bridgehead atoms. The van der Waals surface area contributed by atoms with Gasteiger partial charge in [0.2, 0.25) is 5.91 Å². The minimum absolute atomic E-state index is 0.0743. The Morgan fingerprint density at radius 3 is 2.45 bits per heavy atom. The molecule has 0 saturated heterocycles. The first-order chi connectivity index (χ1) is 10.7. The van der Waals surface area contributed by atoms with Gasteiger partial charge in [-0.3, -0.25) is 4.79 Å². The van der Waals surface area contributed by atoms with E-state index in [1.54, 1.807) is 0 Å². The SMILES string of the molecule is CNCCCc1ccc(CCc2csc(NC(C)=O)n2)cc1. The predicted octanol–water partition coefficient (Wildman–Crippen LogP) is 3.04. The topological polar surface area (TPSA) is 54.0 Å². The first-order valence-corrected chi connectivity index (χ1v) is 8.50. The number of nitrogens with zero attached hydrogens (tertiary/aromatic N) is 1. The summed E-state index contributed by atoms with van der Waals surface area (Å²) in [6.45, 7) is 2.56. The normalized spacial score (nSPS) is 10.6. The van der Waals surface area contributed by atoms with Gasteiger partial charge in [0.1, 0.15) is 0 Å². The Balaban J connectivity index is 1.81. The molecule has 0 fully saturated rings. The number of benzene rings is 1. The van der Waals surface area contributed by atoms with Crippen molar-refractivity contribution >= 4 is 22.4 Å². The van der Waals surface area contributed by atoms with Crippen LogP contribution in [0.2, 0.25) is 0 Å². The fourth-order valence-electron chi connectivity index (χ4n) is 2.24. The molecule has 1 heterocycles. The van der Waals surface area contributed by atoms with Crippen molar-refractivity contribution in [1.29, 1.82) is 0 Å². The first kappa shape index (κ1) is 16.6. The second-order valence-corrected chi connectivity index (χ2v) is 6.21. The lowest BCUT2D eigenvalue weighted by Crippen LogP contribution is -2.08. The van der Waals surface area contributed by atoms with Crippen LogP contribution in [0.15, 0.2) is 29.6 Å². The number of rotatable bonds is 8. The van der Waals surface area contributed by atoms with E-state index in [1.807, 2.05) is 12.4 Å². The van der Waals surface area contributed by atoms with Crippen LogP contribution < -0.4 is 10.6 Å². The Bertz CT molecular complexity index is 592. The van der Waals surface area contributed by atoms with Crippen LogP contribution in [0.25, 0.3) is 0 Å². The smallest absolute Gasteiger partial charge is 0.223 e. The number of aryl methyl sites for hydroxylation is 3. The minimum atomic E-state index is -0.0743. The van der Waals surface area contributed by atoms with Gasteiger partial charge < -0.3 is 10.6 Å². The first-order valence-electron chi connectivity index (χ1n) is 7.62. The van der Waals surface area contributed by atoms with E-state index < -0.39 is 0 Å². The molecular weight excluding hydrogens is 294 g/mol. The van der Waals surface area contributed by atoms with E-state index in [9.17, 15) is 4.79 Å². The lowest BCUT2D eigenvalue weighted by atomic mass is 10.0. The van der Waals surface area contributed by atoms with Crippen molar-refractivity contribution in [2.45, 2.75) is 32.6 Å². The maximum atomic E-state index is 11.0. The lowest BCUT2D eigenvalue weighted by Gasteiger charge is -2.04. The molecule has 0 unspecified atom stereocenters. The van der Waals surface area contributed by atoms with Crippen LogP contribution in [0, 0.1) is 0 Å². The monoisotopic (exact) mass is 317 g/mol. The van der Waals surface area contributed by atoms with Crippen molar-refractivity contribution in [3.63, 3.8) is 0 Å². The molecule has 2 rings (SSSR count). The number of thiazole rings is 1. The molecule has 2 aromatic rings. The van der Waals surface area contributed by atoms with Gasteiger partial charge in [-0.2, -0.15) is 0 Å². The Morgan fingerprint density at radius 2 is 1.82 bits per heavy atom. The number of aromatic nitrogens is 1. The number of amides is 1. The highest BCUT2D eigenvalue weighted by atomic mass is 32.1. The van der Waals surface area contributed by atoms with E-state index in [2.05, 4.69) is 39.9 Å². The standard InChI is InChI=1S/C17H23N3OS/c1-13(21)19-17-20-16(12-22-17)10-9-15-7-5-14(6-8-15)4-3-11-18-2/h5-8,12,18H,3-4,9-11H2,1-2H3,(H,19,20,21). The largest absolute Gasteiger partial charge is 0.320 e. The molecule has 0 aliphatic rings. The van der Waals surface area contributed by atoms with E-state index in [0.717, 1.165) is 31.5 Å². The maximum Gasteiger partial charge on any atom is 0.223 e. The zero-order valence-corrected chi connectivity index (χ0v) is 14.0. The number of carbonyl (C=O) groups excluding carboxylic acids is 1. The van der Waals surface area contributed by atoms with E-state index in [4.69, 9.17) is 0 Å². The quantitative estimate of drug-likeness (QED) is 0.736. The Kier molecular flexibility index (Phi) is 6.55. The van der Waals surface area contributed by atoms with Gasteiger partial charge in [-0.1, -0.05) is 24.3 Å². The molecule has 5 heteroatoms. The average Bonchev–Trinajstić information content (AvgIpc) is 2.93. The van der Waals surface area contributed by atoms with Gasteiger partial charge in [0, 0.05) is 12.3 Å². The van der Waals surface area contributed by atoms with Gasteiger partial charge in [0.25, 0.3) is 0 Å². The zero-order chi connectivity index (χ0) is 15.8. The lowest BCUT2D eigenvalue weighted by molar-refractivity contribution is -0.114. The molecule has 0 atom stereocenters. The molecule has 0 radical (unpaired) electrons. The summed E-state index contributed by atoms with van der Waals surface area (Å²) in [5.41, 5.74) is 3.75. The van der Waals surface area contributed by atoms with Crippen molar-refractivity contribution in [3.8, 4) is 0 Å². The van der Waals surface area contributed by atoms with Crippen LogP contribution in [0.5, 0.6) is 0 Å². The third-order valence-corrected chi connectivity index (χ3v) is 4.23. The van der Waals surface area contributed by atoms with Gasteiger partial charge in [0.15, 0.2) is 5.13 Å². The fraction of sp³-hybridized carbons (Fsp3) is 0.412. The molecular formula is C17H23N3OS. The van der Waals surface area contributed by atoms with Crippen molar-refractivity contribution in [1.82, 2.24) is 10.3 Å². The second kappa shape index (κ2) is 8.66. The van der Waals surface area contributed by atoms with Crippen LogP contribution in [0.1, 0.15) is 30.2 Å². The van der Waals surface area contributed by atoms with Crippen molar-refractivity contribution in [2.24, 2.45) is 0 Å². The third kappa shape index (κ3) is 5.58. The second-order valence-electron chi connectivity index (χ2n) is 5.35. The minimum Gasteiger partial charge on any atom is -0.320 e. The molecule has 1 aromatic carbocycles. The molecule has 0 aliphatic heterocycles. The van der Waals surface area contributed by atoms with Crippen molar-refractivity contribution < 1.29 is 4.79 Å². The molecule has 0 aliphatic carbocycles. The molecule has 0 spiro atoms. The van der Waals surface area contributed by atoms with E-state index >= 15 is 0 Å². The van der Waals surface area contributed by atoms with E-state index in [0.29, 0.717) is 5.13 Å². The number of hydrogen-bond acceptors (Lipinski definition) is 4. The number of anilines is 1. The zero-order valence-electron chi connectivity index (χ0n) is 13.2. The van der Waals surface area contributed by atoms with E-state index in [1.165, 1.54) is 35.8 Å². The van der Waals surface area contributed by atoms with Crippen molar-refractivity contribution in [2.75, 3.05) is 18.9 Å². The Hall–Kier alpha value is -1.72. The molecule has 2 N–H and O–H groups in total. The number of carbonyl (C=O) groups is 1. The molecule has 0 saturated carbocycles. The third-order valence-electron chi connectivity index (χ3n) is 3.42. The summed E-state index contributed by atoms with van der Waals surface area (Å²) in [6, 6.07) is 8.84. The Morgan fingerprint density at radius 1 is 1.14 bits per heavy atom. The predicted molar refractivity (Wildman–Crippen MR) is 92.5 cm³/mol. The average molecular weight is 317 g/mol. The van der Waals surface area contributed by atoms with Gasteiger partial charge in [-0.15, -0.1) is 11.3 Å². The van der Waals surface area contributed by atoms with Gasteiger partial charge in [0.05, 0.1) is 5.69 Å². The van der Waals surface area contributed by atoms with E-state index in [-0.39, 0.29) is 5.91 Å². The number of nitrogens with one attached hydrogen (secondary N) is 2.